The molecule has 2 aliphatic rings. The van der Waals surface area contributed by atoms with Crippen molar-refractivity contribution in [2.24, 2.45) is 11.7 Å². The fourth-order valence-electron chi connectivity index (χ4n) is 3.03. The monoisotopic (exact) mass is 265 g/mol. The van der Waals surface area contributed by atoms with Gasteiger partial charge in [0.15, 0.2) is 0 Å². The Balaban J connectivity index is 1.88. The van der Waals surface area contributed by atoms with Gasteiger partial charge in [0.05, 0.1) is 6.07 Å². The molecule has 0 aromatic carbocycles. The van der Waals surface area contributed by atoms with Crippen LogP contribution in [0.3, 0.4) is 0 Å². The Morgan fingerprint density at radius 2 is 1.89 bits per heavy atom. The number of hydrogen-bond acceptors (Lipinski definition) is 4. The summed E-state index contributed by atoms with van der Waals surface area (Å²) in [5, 5.41) is 9.00. The molecule has 2 fully saturated rings. The maximum Gasteiger partial charge on any atom is 0.225 e. The van der Waals surface area contributed by atoms with Crippen LogP contribution in [0.15, 0.2) is 0 Å². The minimum absolute atomic E-state index is 0.0397. The summed E-state index contributed by atoms with van der Waals surface area (Å²) in [5.41, 5.74) is 5.22. The van der Waals surface area contributed by atoms with Crippen molar-refractivity contribution in [1.82, 2.24) is 4.90 Å². The summed E-state index contributed by atoms with van der Waals surface area (Å²) in [5.74, 6) is 0.254. The smallest absolute Gasteiger partial charge is 0.225 e. The van der Waals surface area contributed by atoms with Gasteiger partial charge in [-0.15, -0.1) is 0 Å². The average Bonchev–Trinajstić information content (AvgIpc) is 2.47. The number of rotatable bonds is 2. The number of nitrogens with two attached hydrogens (primary N) is 1. The lowest BCUT2D eigenvalue weighted by molar-refractivity contribution is -0.139. The molecule has 0 aromatic heterocycles. The standard InChI is InChI=1S/C14H23N3O2/c1-17(12-4-8-19-9-5-12)13(18)11-2-6-14(16,10-15)7-3-11/h11-12H,2-9,16H2,1H3. The summed E-state index contributed by atoms with van der Waals surface area (Å²) in [7, 11) is 1.90. The molecule has 0 spiro atoms. The van der Waals surface area contributed by atoms with Crippen LogP contribution in [0.1, 0.15) is 38.5 Å². The molecule has 106 valence electrons. The van der Waals surface area contributed by atoms with Crippen LogP contribution in [0, 0.1) is 17.2 Å². The molecule has 5 nitrogen and oxygen atoms in total. The van der Waals surface area contributed by atoms with Crippen LogP contribution >= 0.6 is 0 Å². The Kier molecular flexibility index (Phi) is 4.43. The Hall–Kier alpha value is -1.12. The largest absolute Gasteiger partial charge is 0.381 e. The minimum Gasteiger partial charge on any atom is -0.381 e. The number of nitrogens with zero attached hydrogens (tertiary/aromatic N) is 2. The zero-order chi connectivity index (χ0) is 13.9. The third kappa shape index (κ3) is 3.26. The quantitative estimate of drug-likeness (QED) is 0.809. The Labute approximate surface area is 114 Å². The highest BCUT2D eigenvalue weighted by Gasteiger charge is 2.36. The molecule has 2 rings (SSSR count). The van der Waals surface area contributed by atoms with Crippen LogP contribution in [0.4, 0.5) is 0 Å². The van der Waals surface area contributed by atoms with Gasteiger partial charge in [0.2, 0.25) is 5.91 Å². The van der Waals surface area contributed by atoms with E-state index in [0.717, 1.165) is 38.9 Å². The second-order valence-electron chi connectivity index (χ2n) is 5.83. The molecule has 0 aromatic rings. The molecule has 1 amide bonds. The van der Waals surface area contributed by atoms with E-state index >= 15 is 0 Å². The van der Waals surface area contributed by atoms with Gasteiger partial charge >= 0.3 is 0 Å². The van der Waals surface area contributed by atoms with Crippen LogP contribution in [0.25, 0.3) is 0 Å². The Bertz CT molecular complexity index is 363. The highest BCUT2D eigenvalue weighted by atomic mass is 16.5. The Morgan fingerprint density at radius 1 is 1.32 bits per heavy atom. The van der Waals surface area contributed by atoms with Crippen molar-refractivity contribution in [1.29, 1.82) is 5.26 Å². The minimum atomic E-state index is -0.714. The second-order valence-corrected chi connectivity index (χ2v) is 5.83. The van der Waals surface area contributed by atoms with Crippen molar-refractivity contribution in [2.45, 2.75) is 50.1 Å². The number of hydrogen-bond donors (Lipinski definition) is 1. The van der Waals surface area contributed by atoms with E-state index in [0.29, 0.717) is 18.9 Å². The highest BCUT2D eigenvalue weighted by Crippen LogP contribution is 2.31. The summed E-state index contributed by atoms with van der Waals surface area (Å²) in [6.07, 6.45) is 4.57. The van der Waals surface area contributed by atoms with Crippen molar-refractivity contribution >= 4 is 5.91 Å². The third-order valence-electron chi connectivity index (χ3n) is 4.54. The second kappa shape index (κ2) is 5.89. The van der Waals surface area contributed by atoms with Gasteiger partial charge in [0.25, 0.3) is 0 Å². The molecular weight excluding hydrogens is 242 g/mol. The molecule has 0 radical (unpaired) electrons. The van der Waals surface area contributed by atoms with Crippen molar-refractivity contribution in [2.75, 3.05) is 20.3 Å². The molecular formula is C14H23N3O2. The van der Waals surface area contributed by atoms with Gasteiger partial charge in [-0.05, 0) is 38.5 Å². The van der Waals surface area contributed by atoms with Crippen LogP contribution in [0.5, 0.6) is 0 Å². The van der Waals surface area contributed by atoms with Crippen molar-refractivity contribution in [3.63, 3.8) is 0 Å². The summed E-state index contributed by atoms with van der Waals surface area (Å²) < 4.78 is 5.33. The van der Waals surface area contributed by atoms with E-state index in [4.69, 9.17) is 15.7 Å². The van der Waals surface area contributed by atoms with E-state index in [1.54, 1.807) is 0 Å². The fraction of sp³-hybridized carbons (Fsp3) is 0.857. The lowest BCUT2D eigenvalue weighted by Crippen LogP contribution is -2.47. The predicted molar refractivity (Wildman–Crippen MR) is 71.1 cm³/mol. The third-order valence-corrected chi connectivity index (χ3v) is 4.54. The van der Waals surface area contributed by atoms with Crippen LogP contribution in [-0.2, 0) is 9.53 Å². The lowest BCUT2D eigenvalue weighted by atomic mass is 9.77. The first-order valence-corrected chi connectivity index (χ1v) is 7.10. The number of nitriles is 1. The van der Waals surface area contributed by atoms with Crippen LogP contribution < -0.4 is 5.73 Å². The van der Waals surface area contributed by atoms with Crippen LogP contribution in [-0.4, -0.2) is 42.6 Å². The molecule has 0 unspecified atom stereocenters. The molecule has 2 N–H and O–H groups in total. The van der Waals surface area contributed by atoms with Gasteiger partial charge in [-0.3, -0.25) is 4.79 Å². The van der Waals surface area contributed by atoms with Gasteiger partial charge in [-0.25, -0.2) is 0 Å². The van der Waals surface area contributed by atoms with E-state index in [1.165, 1.54) is 0 Å². The molecule has 1 saturated carbocycles. The topological polar surface area (TPSA) is 79.4 Å². The maximum atomic E-state index is 12.5. The Morgan fingerprint density at radius 3 is 2.42 bits per heavy atom. The molecule has 19 heavy (non-hydrogen) atoms. The zero-order valence-corrected chi connectivity index (χ0v) is 11.6. The normalized spacial score (nSPS) is 32.6. The first-order chi connectivity index (χ1) is 9.06. The van der Waals surface area contributed by atoms with Gasteiger partial charge < -0.3 is 15.4 Å². The van der Waals surface area contributed by atoms with Gasteiger partial charge in [-0.2, -0.15) is 5.26 Å². The summed E-state index contributed by atoms with van der Waals surface area (Å²) in [6.45, 7) is 1.49. The van der Waals surface area contributed by atoms with E-state index in [2.05, 4.69) is 6.07 Å². The number of ether oxygens (including phenoxy) is 1. The van der Waals surface area contributed by atoms with Gasteiger partial charge in [0.1, 0.15) is 5.54 Å². The SMILES string of the molecule is CN(C(=O)C1CCC(N)(C#N)CC1)C1CCOCC1. The maximum absolute atomic E-state index is 12.5. The summed E-state index contributed by atoms with van der Waals surface area (Å²) >= 11 is 0. The first kappa shape index (κ1) is 14.3. The molecule has 1 aliphatic carbocycles. The van der Waals surface area contributed by atoms with Crippen LogP contribution in [0.2, 0.25) is 0 Å². The molecule has 0 bridgehead atoms. The van der Waals surface area contributed by atoms with Crippen molar-refractivity contribution in [3.05, 3.63) is 0 Å². The first-order valence-electron chi connectivity index (χ1n) is 7.10. The van der Waals surface area contributed by atoms with E-state index < -0.39 is 5.54 Å². The summed E-state index contributed by atoms with van der Waals surface area (Å²) in [6, 6.07) is 2.48. The summed E-state index contributed by atoms with van der Waals surface area (Å²) in [4.78, 5) is 14.4. The molecule has 1 heterocycles. The predicted octanol–water partition coefficient (Wildman–Crippen LogP) is 1.04. The average molecular weight is 265 g/mol. The number of amides is 1. The fourth-order valence-corrected chi connectivity index (χ4v) is 3.03. The van der Waals surface area contributed by atoms with E-state index in [-0.39, 0.29) is 11.8 Å². The highest BCUT2D eigenvalue weighted by molar-refractivity contribution is 5.79. The van der Waals surface area contributed by atoms with Gasteiger partial charge in [-0.1, -0.05) is 0 Å². The van der Waals surface area contributed by atoms with E-state index in [1.807, 2.05) is 11.9 Å². The molecule has 1 aliphatic heterocycles. The zero-order valence-electron chi connectivity index (χ0n) is 11.6. The lowest BCUT2D eigenvalue weighted by Gasteiger charge is -2.37. The number of carbonyl (C=O) groups is 1. The van der Waals surface area contributed by atoms with Crippen molar-refractivity contribution < 1.29 is 9.53 Å². The number of carbonyl (C=O) groups excluding carboxylic acids is 1. The molecule has 1 saturated heterocycles. The van der Waals surface area contributed by atoms with E-state index in [9.17, 15) is 4.79 Å². The van der Waals surface area contributed by atoms with Gasteiger partial charge in [0, 0.05) is 32.2 Å². The van der Waals surface area contributed by atoms with Crippen molar-refractivity contribution in [3.8, 4) is 6.07 Å². The molecule has 0 atom stereocenters. The molecule has 5 heteroatoms.